The van der Waals surface area contributed by atoms with Crippen molar-refractivity contribution in [1.82, 2.24) is 4.90 Å². The van der Waals surface area contributed by atoms with Crippen molar-refractivity contribution in [2.75, 3.05) is 41.0 Å². The van der Waals surface area contributed by atoms with Crippen LogP contribution in [0.3, 0.4) is 0 Å². The number of benzene rings is 2. The third-order valence-corrected chi connectivity index (χ3v) is 5.64. The van der Waals surface area contributed by atoms with Crippen molar-refractivity contribution in [3.8, 4) is 17.2 Å². The van der Waals surface area contributed by atoms with E-state index in [-0.39, 0.29) is 24.5 Å². The first-order chi connectivity index (χ1) is 15.6. The molecule has 2 rings (SSSR count). The minimum Gasteiger partial charge on any atom is -0.493 e. The van der Waals surface area contributed by atoms with Crippen LogP contribution in [-0.4, -0.2) is 57.9 Å². The lowest BCUT2D eigenvalue weighted by Gasteiger charge is -2.22. The molecule has 1 unspecified atom stereocenters. The molecule has 0 fully saturated rings. The number of carbonyl (C=O) groups excluding carboxylic acids is 1. The Labute approximate surface area is 204 Å². The van der Waals surface area contributed by atoms with Gasteiger partial charge in [0.1, 0.15) is 6.10 Å². The van der Waals surface area contributed by atoms with Crippen molar-refractivity contribution in [3.63, 3.8) is 0 Å². The van der Waals surface area contributed by atoms with Crippen molar-refractivity contribution in [2.24, 2.45) is 0 Å². The van der Waals surface area contributed by atoms with Gasteiger partial charge in [-0.1, -0.05) is 44.2 Å². The van der Waals surface area contributed by atoms with Crippen molar-refractivity contribution in [1.29, 1.82) is 0 Å². The van der Waals surface area contributed by atoms with Crippen LogP contribution in [0, 0.1) is 0 Å². The third kappa shape index (κ3) is 8.78. The summed E-state index contributed by atoms with van der Waals surface area (Å²) in [6, 6.07) is 13.8. The molecule has 6 nitrogen and oxygen atoms in total. The summed E-state index contributed by atoms with van der Waals surface area (Å²) in [4.78, 5) is 15.2. The summed E-state index contributed by atoms with van der Waals surface area (Å²) in [6.45, 7) is 7.26. The van der Waals surface area contributed by atoms with Gasteiger partial charge in [0.25, 0.3) is 0 Å². The van der Waals surface area contributed by atoms with Gasteiger partial charge in [-0.05, 0) is 56.5 Å². The normalized spacial score (nSPS) is 11.5. The van der Waals surface area contributed by atoms with Gasteiger partial charge in [-0.15, -0.1) is 12.4 Å². The molecule has 0 aliphatic rings. The number of methoxy groups -OCH3 is 3. The molecule has 0 bridgehead atoms. The van der Waals surface area contributed by atoms with Crippen LogP contribution >= 0.6 is 12.4 Å². The molecule has 0 radical (unpaired) electrons. The highest BCUT2D eigenvalue weighted by Crippen LogP contribution is 2.38. The molecule has 0 amide bonds. The summed E-state index contributed by atoms with van der Waals surface area (Å²) in [7, 11) is 4.59. The summed E-state index contributed by atoms with van der Waals surface area (Å²) in [6.07, 6.45) is 3.49. The summed E-state index contributed by atoms with van der Waals surface area (Å²) < 4.78 is 21.8. The molecule has 0 aromatic heterocycles. The summed E-state index contributed by atoms with van der Waals surface area (Å²) >= 11 is 0. The quantitative estimate of drug-likeness (QED) is 0.337. The third-order valence-electron chi connectivity index (χ3n) is 5.64. The number of ether oxygens (including phenoxy) is 4. The highest BCUT2D eigenvalue weighted by molar-refractivity contribution is 5.91. The lowest BCUT2D eigenvalue weighted by atomic mass is 10.1. The Hall–Kier alpha value is -2.44. The number of hydrogen-bond donors (Lipinski definition) is 0. The zero-order valence-electron chi connectivity index (χ0n) is 20.5. The first kappa shape index (κ1) is 28.6. The van der Waals surface area contributed by atoms with E-state index in [9.17, 15) is 4.79 Å². The van der Waals surface area contributed by atoms with Crippen LogP contribution in [0.5, 0.6) is 17.2 Å². The van der Waals surface area contributed by atoms with Crippen LogP contribution < -0.4 is 14.2 Å². The molecule has 2 aromatic rings. The highest BCUT2D eigenvalue weighted by atomic mass is 35.5. The molecular formula is C26H38ClNO5. The van der Waals surface area contributed by atoms with E-state index in [4.69, 9.17) is 18.9 Å². The topological polar surface area (TPSA) is 57.2 Å². The Kier molecular flexibility index (Phi) is 13.3. The monoisotopic (exact) mass is 479 g/mol. The van der Waals surface area contributed by atoms with Crippen LogP contribution in [0.4, 0.5) is 0 Å². The first-order valence-corrected chi connectivity index (χ1v) is 11.3. The summed E-state index contributed by atoms with van der Waals surface area (Å²) in [5.41, 5.74) is 1.74. The van der Waals surface area contributed by atoms with Crippen molar-refractivity contribution in [2.45, 2.75) is 45.6 Å². The molecule has 2 aromatic carbocycles. The van der Waals surface area contributed by atoms with Crippen molar-refractivity contribution in [3.05, 3.63) is 53.6 Å². The number of carbonyl (C=O) groups is 1. The minimum absolute atomic E-state index is 0. The molecule has 7 heteroatoms. The number of esters is 1. The number of rotatable bonds is 14. The SMILES string of the molecule is CCC(CCCN(CC)CCc1ccccc1)OC(=O)c1cc(OC)c(OC)c(OC)c1.Cl. The fourth-order valence-electron chi connectivity index (χ4n) is 3.67. The smallest absolute Gasteiger partial charge is 0.338 e. The average molecular weight is 480 g/mol. The number of halogens is 1. The highest BCUT2D eigenvalue weighted by Gasteiger charge is 2.20. The molecule has 33 heavy (non-hydrogen) atoms. The Morgan fingerprint density at radius 2 is 1.58 bits per heavy atom. The average Bonchev–Trinajstić information content (AvgIpc) is 2.84. The number of likely N-dealkylation sites (N-methyl/N-ethyl adjacent to an activating group) is 1. The minimum atomic E-state index is -0.382. The van der Waals surface area contributed by atoms with Gasteiger partial charge < -0.3 is 23.8 Å². The predicted octanol–water partition coefficient (Wildman–Crippen LogP) is 5.41. The van der Waals surface area contributed by atoms with Crippen LogP contribution in [0.25, 0.3) is 0 Å². The molecule has 0 aliphatic heterocycles. The first-order valence-electron chi connectivity index (χ1n) is 11.3. The van der Waals surface area contributed by atoms with E-state index < -0.39 is 0 Å². The Morgan fingerprint density at radius 3 is 2.09 bits per heavy atom. The molecule has 184 valence electrons. The molecule has 0 heterocycles. The fraction of sp³-hybridized carbons (Fsp3) is 0.500. The van der Waals surface area contributed by atoms with Crippen LogP contribution in [-0.2, 0) is 11.2 Å². The van der Waals surface area contributed by atoms with E-state index in [2.05, 4.69) is 36.1 Å². The number of hydrogen-bond acceptors (Lipinski definition) is 6. The predicted molar refractivity (Wildman–Crippen MR) is 134 cm³/mol. The van der Waals surface area contributed by atoms with E-state index in [0.717, 1.165) is 45.3 Å². The van der Waals surface area contributed by atoms with E-state index in [1.165, 1.54) is 26.9 Å². The van der Waals surface area contributed by atoms with E-state index in [0.29, 0.717) is 22.8 Å². The van der Waals surface area contributed by atoms with Gasteiger partial charge in [-0.25, -0.2) is 4.79 Å². The molecule has 0 spiro atoms. The Balaban J connectivity index is 0.00000544. The lowest BCUT2D eigenvalue weighted by Crippen LogP contribution is -2.28. The Bertz CT molecular complexity index is 806. The molecule has 0 aliphatic carbocycles. The zero-order valence-corrected chi connectivity index (χ0v) is 21.3. The second kappa shape index (κ2) is 15.4. The maximum absolute atomic E-state index is 12.8. The van der Waals surface area contributed by atoms with Gasteiger partial charge >= 0.3 is 5.97 Å². The van der Waals surface area contributed by atoms with Gasteiger partial charge in [-0.2, -0.15) is 0 Å². The molecule has 0 N–H and O–H groups in total. The zero-order chi connectivity index (χ0) is 23.3. The standard InChI is InChI=1S/C26H37NO5.ClH/c1-6-22(14-11-16-27(7-2)17-15-20-12-9-8-10-13-20)32-26(28)21-18-23(29-3)25(31-5)24(19-21)30-4;/h8-10,12-13,18-19,22H,6-7,11,14-17H2,1-5H3;1H. The van der Waals surface area contributed by atoms with Gasteiger partial charge in [0, 0.05) is 6.54 Å². The Morgan fingerprint density at radius 1 is 0.939 bits per heavy atom. The van der Waals surface area contributed by atoms with Crippen molar-refractivity contribution >= 4 is 18.4 Å². The lowest BCUT2D eigenvalue weighted by molar-refractivity contribution is 0.0261. The molecular weight excluding hydrogens is 442 g/mol. The van der Waals surface area contributed by atoms with Gasteiger partial charge in [0.15, 0.2) is 11.5 Å². The van der Waals surface area contributed by atoms with Crippen molar-refractivity contribution < 1.29 is 23.7 Å². The summed E-state index contributed by atoms with van der Waals surface area (Å²) in [5, 5.41) is 0. The number of nitrogens with zero attached hydrogens (tertiary/aromatic N) is 1. The largest absolute Gasteiger partial charge is 0.493 e. The molecule has 0 saturated heterocycles. The summed E-state index contributed by atoms with van der Waals surface area (Å²) in [5.74, 6) is 0.939. The van der Waals surface area contributed by atoms with E-state index in [1.54, 1.807) is 12.1 Å². The maximum atomic E-state index is 12.8. The van der Waals surface area contributed by atoms with Crippen LogP contribution in [0.2, 0.25) is 0 Å². The second-order valence-electron chi connectivity index (χ2n) is 7.66. The van der Waals surface area contributed by atoms with Crippen LogP contribution in [0.15, 0.2) is 42.5 Å². The van der Waals surface area contributed by atoms with Gasteiger partial charge in [-0.3, -0.25) is 0 Å². The van der Waals surface area contributed by atoms with Gasteiger partial charge in [0.05, 0.1) is 26.9 Å². The second-order valence-corrected chi connectivity index (χ2v) is 7.66. The van der Waals surface area contributed by atoms with E-state index in [1.807, 2.05) is 13.0 Å². The fourth-order valence-corrected chi connectivity index (χ4v) is 3.67. The molecule has 0 saturated carbocycles. The molecule has 1 atom stereocenters. The van der Waals surface area contributed by atoms with Gasteiger partial charge in [0.2, 0.25) is 5.75 Å². The van der Waals surface area contributed by atoms with E-state index >= 15 is 0 Å². The maximum Gasteiger partial charge on any atom is 0.338 e. The van der Waals surface area contributed by atoms with Crippen LogP contribution in [0.1, 0.15) is 49.0 Å².